The van der Waals surface area contributed by atoms with Crippen LogP contribution in [0.15, 0.2) is 60.7 Å². The van der Waals surface area contributed by atoms with Gasteiger partial charge in [-0.2, -0.15) is 0 Å². The molecule has 0 aliphatic carbocycles. The Morgan fingerprint density at radius 1 is 0.958 bits per heavy atom. The van der Waals surface area contributed by atoms with E-state index in [-0.39, 0.29) is 12.2 Å². The monoisotopic (exact) mass is 324 g/mol. The van der Waals surface area contributed by atoms with E-state index in [9.17, 15) is 19.5 Å². The van der Waals surface area contributed by atoms with Crippen LogP contribution in [0, 0.1) is 11.8 Å². The van der Waals surface area contributed by atoms with Gasteiger partial charge in [0.2, 0.25) is 0 Å². The van der Waals surface area contributed by atoms with Gasteiger partial charge in [-0.3, -0.25) is 14.4 Å². The summed E-state index contributed by atoms with van der Waals surface area (Å²) in [5, 5.41) is 9.39. The number of carbonyl (C=O) groups excluding carboxylic acids is 2. The van der Waals surface area contributed by atoms with Gasteiger partial charge in [-0.25, -0.2) is 0 Å². The van der Waals surface area contributed by atoms with Crippen molar-refractivity contribution in [3.8, 4) is 0 Å². The zero-order valence-corrected chi connectivity index (χ0v) is 12.8. The molecule has 2 aromatic carbocycles. The molecule has 1 fully saturated rings. The van der Waals surface area contributed by atoms with Gasteiger partial charge in [0.15, 0.2) is 11.7 Å². The highest BCUT2D eigenvalue weighted by atomic mass is 16.6. The van der Waals surface area contributed by atoms with E-state index in [0.717, 1.165) is 0 Å². The van der Waals surface area contributed by atoms with Crippen LogP contribution in [0.25, 0.3) is 0 Å². The molecule has 0 spiro atoms. The summed E-state index contributed by atoms with van der Waals surface area (Å²) in [6.45, 7) is 0. The predicted octanol–water partition coefficient (Wildman–Crippen LogP) is 2.87. The van der Waals surface area contributed by atoms with Crippen LogP contribution >= 0.6 is 0 Å². The second kappa shape index (κ2) is 6.66. The van der Waals surface area contributed by atoms with Crippen LogP contribution in [0.1, 0.15) is 28.4 Å². The quantitative estimate of drug-likeness (QED) is 0.519. The minimum absolute atomic E-state index is 0.0632. The molecular formula is C19H16O5. The predicted molar refractivity (Wildman–Crippen MR) is 85.3 cm³/mol. The Morgan fingerprint density at radius 2 is 1.54 bits per heavy atom. The van der Waals surface area contributed by atoms with Crippen molar-refractivity contribution in [1.29, 1.82) is 0 Å². The Kier molecular flexibility index (Phi) is 4.42. The molecule has 3 rings (SSSR count). The first-order valence-electron chi connectivity index (χ1n) is 7.64. The van der Waals surface area contributed by atoms with E-state index in [1.807, 2.05) is 6.07 Å². The van der Waals surface area contributed by atoms with Crippen molar-refractivity contribution in [2.75, 3.05) is 0 Å². The van der Waals surface area contributed by atoms with Gasteiger partial charge in [-0.05, 0) is 5.56 Å². The highest BCUT2D eigenvalue weighted by molar-refractivity contribution is 6.00. The molecule has 24 heavy (non-hydrogen) atoms. The maximum atomic E-state index is 12.5. The first kappa shape index (κ1) is 15.9. The lowest BCUT2D eigenvalue weighted by Crippen LogP contribution is -2.27. The lowest BCUT2D eigenvalue weighted by molar-refractivity contribution is -0.153. The van der Waals surface area contributed by atoms with Crippen LogP contribution in [0.5, 0.6) is 0 Å². The molecular weight excluding hydrogens is 308 g/mol. The number of benzene rings is 2. The molecule has 5 heteroatoms. The van der Waals surface area contributed by atoms with Crippen molar-refractivity contribution in [3.63, 3.8) is 0 Å². The molecule has 0 bridgehead atoms. The van der Waals surface area contributed by atoms with Gasteiger partial charge in [0, 0.05) is 17.9 Å². The Morgan fingerprint density at radius 3 is 2.12 bits per heavy atom. The number of ether oxygens (including phenoxy) is 1. The number of carbonyl (C=O) groups is 3. The Bertz CT molecular complexity index is 754. The number of ketones is 1. The highest BCUT2D eigenvalue weighted by Crippen LogP contribution is 2.42. The molecule has 0 radical (unpaired) electrons. The second-order valence-corrected chi connectivity index (χ2v) is 5.74. The van der Waals surface area contributed by atoms with Crippen LogP contribution in [-0.4, -0.2) is 22.8 Å². The first-order chi connectivity index (χ1) is 11.6. The maximum Gasteiger partial charge on any atom is 0.321 e. The number of rotatable bonds is 5. The van der Waals surface area contributed by atoms with E-state index in [0.29, 0.717) is 11.1 Å². The van der Waals surface area contributed by atoms with Crippen molar-refractivity contribution in [1.82, 2.24) is 0 Å². The van der Waals surface area contributed by atoms with E-state index in [4.69, 9.17) is 4.74 Å². The molecule has 1 aliphatic heterocycles. The average molecular weight is 324 g/mol. The molecule has 0 amide bonds. The molecule has 1 heterocycles. The first-order valence-corrected chi connectivity index (χ1v) is 7.64. The topological polar surface area (TPSA) is 80.7 Å². The standard InChI is InChI=1S/C19H16O5/c20-15(12-7-3-1-4-8-12)11-14-16(18(21)22)19(23)24-17(14)13-9-5-2-6-10-13/h1-10,14,16-17H,11H2,(H,21,22). The van der Waals surface area contributed by atoms with E-state index in [1.54, 1.807) is 54.6 Å². The maximum absolute atomic E-state index is 12.5. The summed E-state index contributed by atoms with van der Waals surface area (Å²) in [4.78, 5) is 36.0. The number of carboxylic acids is 1. The normalized spacial score (nSPS) is 22.8. The number of hydrogen-bond donors (Lipinski definition) is 1. The third-order valence-electron chi connectivity index (χ3n) is 4.23. The summed E-state index contributed by atoms with van der Waals surface area (Å²) in [6, 6.07) is 17.6. The smallest absolute Gasteiger partial charge is 0.321 e. The number of Topliss-reactive ketones (excluding diaryl/α,β-unsaturated/α-hetero) is 1. The van der Waals surface area contributed by atoms with Gasteiger partial charge in [-0.15, -0.1) is 0 Å². The lowest BCUT2D eigenvalue weighted by atomic mass is 9.82. The van der Waals surface area contributed by atoms with Crippen molar-refractivity contribution in [2.24, 2.45) is 11.8 Å². The van der Waals surface area contributed by atoms with Crippen molar-refractivity contribution >= 4 is 17.7 Å². The SMILES string of the molecule is O=C(CC1C(C(=O)O)C(=O)OC1c1ccccc1)c1ccccc1. The average Bonchev–Trinajstić information content (AvgIpc) is 2.92. The Labute approximate surface area is 138 Å². The molecule has 1 aliphatic rings. The summed E-state index contributed by atoms with van der Waals surface area (Å²) >= 11 is 0. The summed E-state index contributed by atoms with van der Waals surface area (Å²) in [7, 11) is 0. The largest absolute Gasteiger partial charge is 0.481 e. The van der Waals surface area contributed by atoms with Gasteiger partial charge in [0.05, 0.1) is 0 Å². The molecule has 1 N–H and O–H groups in total. The molecule has 5 nitrogen and oxygen atoms in total. The van der Waals surface area contributed by atoms with Gasteiger partial charge < -0.3 is 9.84 Å². The number of hydrogen-bond acceptors (Lipinski definition) is 4. The van der Waals surface area contributed by atoms with Crippen LogP contribution < -0.4 is 0 Å². The number of aliphatic carboxylic acids is 1. The molecule has 2 aromatic rings. The van der Waals surface area contributed by atoms with E-state index < -0.39 is 29.9 Å². The zero-order chi connectivity index (χ0) is 17.1. The van der Waals surface area contributed by atoms with Crippen LogP contribution in [-0.2, 0) is 14.3 Å². The molecule has 0 aromatic heterocycles. The van der Waals surface area contributed by atoms with Crippen molar-refractivity contribution < 1.29 is 24.2 Å². The third-order valence-corrected chi connectivity index (χ3v) is 4.23. The Hall–Kier alpha value is -2.95. The van der Waals surface area contributed by atoms with Crippen molar-refractivity contribution in [3.05, 3.63) is 71.8 Å². The number of carboxylic acid groups (broad SMARTS) is 1. The van der Waals surface area contributed by atoms with Crippen LogP contribution in [0.4, 0.5) is 0 Å². The molecule has 122 valence electrons. The fourth-order valence-electron chi connectivity index (χ4n) is 3.06. The van der Waals surface area contributed by atoms with Gasteiger partial charge >= 0.3 is 11.9 Å². The summed E-state index contributed by atoms with van der Waals surface area (Å²) < 4.78 is 5.30. The number of esters is 1. The number of cyclic esters (lactones) is 1. The fourth-order valence-corrected chi connectivity index (χ4v) is 3.06. The van der Waals surface area contributed by atoms with Crippen LogP contribution in [0.3, 0.4) is 0 Å². The van der Waals surface area contributed by atoms with Gasteiger partial charge in [0.25, 0.3) is 0 Å². The summed E-state index contributed by atoms with van der Waals surface area (Å²) in [5.41, 5.74) is 1.19. The molecule has 3 unspecified atom stereocenters. The third kappa shape index (κ3) is 3.06. The summed E-state index contributed by atoms with van der Waals surface area (Å²) in [5.74, 6) is -4.31. The highest BCUT2D eigenvalue weighted by Gasteiger charge is 2.50. The molecule has 3 atom stereocenters. The van der Waals surface area contributed by atoms with Crippen molar-refractivity contribution in [2.45, 2.75) is 12.5 Å². The molecule has 1 saturated heterocycles. The van der Waals surface area contributed by atoms with Gasteiger partial charge in [-0.1, -0.05) is 60.7 Å². The van der Waals surface area contributed by atoms with E-state index >= 15 is 0 Å². The Balaban J connectivity index is 1.91. The summed E-state index contributed by atoms with van der Waals surface area (Å²) in [6.07, 6.45) is -0.792. The minimum atomic E-state index is -1.33. The van der Waals surface area contributed by atoms with E-state index in [1.165, 1.54) is 0 Å². The van der Waals surface area contributed by atoms with E-state index in [2.05, 4.69) is 0 Å². The second-order valence-electron chi connectivity index (χ2n) is 5.74. The minimum Gasteiger partial charge on any atom is -0.481 e. The molecule has 0 saturated carbocycles. The lowest BCUT2D eigenvalue weighted by Gasteiger charge is -2.19. The zero-order valence-electron chi connectivity index (χ0n) is 12.8. The fraction of sp³-hybridized carbons (Fsp3) is 0.211. The van der Waals surface area contributed by atoms with Crippen LogP contribution in [0.2, 0.25) is 0 Å². The van der Waals surface area contributed by atoms with Gasteiger partial charge in [0.1, 0.15) is 6.10 Å².